The maximum Gasteiger partial charge on any atom is 0.213 e. The summed E-state index contributed by atoms with van der Waals surface area (Å²) >= 11 is 0. The average Bonchev–Trinajstić information content (AvgIpc) is 2.37. The second-order valence-electron chi connectivity index (χ2n) is 5.02. The first-order valence-electron chi connectivity index (χ1n) is 6.61. The molecule has 3 heteroatoms. The molecule has 96 valence electrons. The van der Waals surface area contributed by atoms with Crippen LogP contribution in [0, 0.1) is 0 Å². The van der Waals surface area contributed by atoms with Crippen molar-refractivity contribution in [1.82, 2.24) is 4.98 Å². The van der Waals surface area contributed by atoms with E-state index in [1.165, 1.54) is 24.8 Å². The van der Waals surface area contributed by atoms with Crippen LogP contribution in [-0.4, -0.2) is 10.8 Å². The van der Waals surface area contributed by atoms with Gasteiger partial charge in [0.05, 0.1) is 5.69 Å². The van der Waals surface area contributed by atoms with Crippen LogP contribution in [0.2, 0.25) is 0 Å². The zero-order valence-electron chi connectivity index (χ0n) is 10.7. The van der Waals surface area contributed by atoms with Gasteiger partial charge in [0.25, 0.3) is 0 Å². The number of benzene rings is 1. The van der Waals surface area contributed by atoms with Crippen molar-refractivity contribution in [3.63, 3.8) is 0 Å². The summed E-state index contributed by atoms with van der Waals surface area (Å²) < 4.78 is 0. The van der Waals surface area contributed by atoms with Gasteiger partial charge in [-0.05, 0) is 42.5 Å². The maximum atomic E-state index is 12.4. The van der Waals surface area contributed by atoms with E-state index in [1.807, 2.05) is 18.2 Å². The number of nitrogens with two attached hydrogens (primary N) is 1. The summed E-state index contributed by atoms with van der Waals surface area (Å²) in [5, 5.41) is 0. The van der Waals surface area contributed by atoms with Crippen LogP contribution in [0.5, 0.6) is 0 Å². The molecule has 0 atom stereocenters. The molecule has 0 spiro atoms. The highest BCUT2D eigenvalue weighted by atomic mass is 16.1. The first-order chi connectivity index (χ1) is 9.25. The number of hydrogen-bond acceptors (Lipinski definition) is 3. The van der Waals surface area contributed by atoms with Crippen LogP contribution in [0.3, 0.4) is 0 Å². The predicted molar refractivity (Wildman–Crippen MR) is 75.1 cm³/mol. The van der Waals surface area contributed by atoms with Crippen LogP contribution < -0.4 is 5.73 Å². The van der Waals surface area contributed by atoms with E-state index in [9.17, 15) is 4.79 Å². The van der Waals surface area contributed by atoms with Gasteiger partial charge in [-0.15, -0.1) is 0 Å². The van der Waals surface area contributed by atoms with Gasteiger partial charge in [0, 0.05) is 11.8 Å². The Bertz CT molecular complexity index is 618. The number of nitrogen functional groups attached to an aromatic ring is 1. The van der Waals surface area contributed by atoms with Crippen LogP contribution in [0.15, 0.2) is 42.6 Å². The summed E-state index contributed by atoms with van der Waals surface area (Å²) in [6.45, 7) is 0. The number of rotatable bonds is 3. The molecule has 1 aromatic heterocycles. The van der Waals surface area contributed by atoms with E-state index in [-0.39, 0.29) is 5.78 Å². The summed E-state index contributed by atoms with van der Waals surface area (Å²) in [7, 11) is 0. The Labute approximate surface area is 112 Å². The van der Waals surface area contributed by atoms with Crippen molar-refractivity contribution in [2.24, 2.45) is 0 Å². The largest absolute Gasteiger partial charge is 0.397 e. The van der Waals surface area contributed by atoms with Crippen molar-refractivity contribution >= 4 is 11.5 Å². The molecule has 3 nitrogen and oxygen atoms in total. The highest BCUT2D eigenvalue weighted by molar-refractivity contribution is 6.10. The second-order valence-corrected chi connectivity index (χ2v) is 5.02. The Hall–Kier alpha value is -2.16. The van der Waals surface area contributed by atoms with Gasteiger partial charge < -0.3 is 5.73 Å². The third-order valence-corrected chi connectivity index (χ3v) is 3.78. The molecule has 0 bridgehead atoms. The molecule has 1 aromatic carbocycles. The summed E-state index contributed by atoms with van der Waals surface area (Å²) in [6, 6.07) is 11.3. The van der Waals surface area contributed by atoms with Gasteiger partial charge >= 0.3 is 0 Å². The standard InChI is InChI=1S/C16H16N2O/c17-14-8-3-9-18-15(14)16(19)13-7-2-6-12(10-13)11-4-1-5-11/h2-3,6-11H,1,4-5,17H2. The van der Waals surface area contributed by atoms with Gasteiger partial charge in [-0.2, -0.15) is 0 Å². The molecule has 3 rings (SSSR count). The van der Waals surface area contributed by atoms with E-state index in [0.717, 1.165) is 0 Å². The molecule has 0 aliphatic heterocycles. The van der Waals surface area contributed by atoms with E-state index in [0.29, 0.717) is 22.9 Å². The second kappa shape index (κ2) is 4.84. The Morgan fingerprint density at radius 2 is 2.05 bits per heavy atom. The fourth-order valence-corrected chi connectivity index (χ4v) is 2.42. The van der Waals surface area contributed by atoms with E-state index >= 15 is 0 Å². The Balaban J connectivity index is 1.93. The lowest BCUT2D eigenvalue weighted by atomic mass is 9.79. The van der Waals surface area contributed by atoms with Crippen LogP contribution in [0.1, 0.15) is 46.8 Å². The van der Waals surface area contributed by atoms with Gasteiger partial charge in [-0.3, -0.25) is 9.78 Å². The summed E-state index contributed by atoms with van der Waals surface area (Å²) in [5.41, 5.74) is 8.52. The van der Waals surface area contributed by atoms with Crippen molar-refractivity contribution in [1.29, 1.82) is 0 Å². The molecule has 2 aromatic rings. The van der Waals surface area contributed by atoms with Crippen molar-refractivity contribution in [3.8, 4) is 0 Å². The summed E-state index contributed by atoms with van der Waals surface area (Å²) in [5.74, 6) is 0.521. The lowest BCUT2D eigenvalue weighted by Crippen LogP contribution is -2.11. The van der Waals surface area contributed by atoms with Crippen LogP contribution in [-0.2, 0) is 0 Å². The Morgan fingerprint density at radius 1 is 1.21 bits per heavy atom. The number of carbonyl (C=O) groups excluding carboxylic acids is 1. The van der Waals surface area contributed by atoms with Crippen LogP contribution in [0.25, 0.3) is 0 Å². The lowest BCUT2D eigenvalue weighted by Gasteiger charge is -2.26. The zero-order valence-corrected chi connectivity index (χ0v) is 10.7. The lowest BCUT2D eigenvalue weighted by molar-refractivity contribution is 0.103. The number of anilines is 1. The van der Waals surface area contributed by atoms with Gasteiger partial charge in [0.2, 0.25) is 5.78 Å². The van der Waals surface area contributed by atoms with Crippen molar-refractivity contribution in [3.05, 3.63) is 59.4 Å². The van der Waals surface area contributed by atoms with E-state index in [4.69, 9.17) is 5.73 Å². The minimum Gasteiger partial charge on any atom is -0.397 e. The third kappa shape index (κ3) is 2.24. The minimum atomic E-state index is -0.0979. The summed E-state index contributed by atoms with van der Waals surface area (Å²) in [6.07, 6.45) is 5.34. The molecule has 0 amide bonds. The normalized spacial score (nSPS) is 14.9. The van der Waals surface area contributed by atoms with Crippen LogP contribution >= 0.6 is 0 Å². The minimum absolute atomic E-state index is 0.0979. The Morgan fingerprint density at radius 3 is 2.74 bits per heavy atom. The van der Waals surface area contributed by atoms with E-state index < -0.39 is 0 Å². The molecule has 0 unspecified atom stereocenters. The van der Waals surface area contributed by atoms with Crippen molar-refractivity contribution in [2.75, 3.05) is 5.73 Å². The zero-order chi connectivity index (χ0) is 13.2. The fourth-order valence-electron chi connectivity index (χ4n) is 2.42. The number of nitrogens with zero attached hydrogens (tertiary/aromatic N) is 1. The fraction of sp³-hybridized carbons (Fsp3) is 0.250. The molecule has 2 N–H and O–H groups in total. The van der Waals surface area contributed by atoms with Gasteiger partial charge in [-0.25, -0.2) is 0 Å². The SMILES string of the molecule is Nc1cccnc1C(=O)c1cccc(C2CCC2)c1. The number of hydrogen-bond donors (Lipinski definition) is 1. The molecule has 0 saturated heterocycles. The monoisotopic (exact) mass is 252 g/mol. The molecule has 0 radical (unpaired) electrons. The smallest absolute Gasteiger partial charge is 0.213 e. The molecule has 1 aliphatic carbocycles. The first kappa shape index (κ1) is 11.9. The average molecular weight is 252 g/mol. The van der Waals surface area contributed by atoms with E-state index in [2.05, 4.69) is 11.1 Å². The maximum absolute atomic E-state index is 12.4. The molecule has 1 fully saturated rings. The predicted octanol–water partition coefficient (Wildman–Crippen LogP) is 3.16. The molecular formula is C16H16N2O. The molecule has 19 heavy (non-hydrogen) atoms. The number of aromatic nitrogens is 1. The topological polar surface area (TPSA) is 56.0 Å². The highest BCUT2D eigenvalue weighted by Gasteiger charge is 2.21. The number of carbonyl (C=O) groups is 1. The molecular weight excluding hydrogens is 236 g/mol. The molecule has 1 saturated carbocycles. The third-order valence-electron chi connectivity index (χ3n) is 3.78. The highest BCUT2D eigenvalue weighted by Crippen LogP contribution is 2.36. The van der Waals surface area contributed by atoms with Crippen molar-refractivity contribution < 1.29 is 4.79 Å². The van der Waals surface area contributed by atoms with E-state index in [1.54, 1.807) is 18.3 Å². The summed E-state index contributed by atoms with van der Waals surface area (Å²) in [4.78, 5) is 16.5. The quantitative estimate of drug-likeness (QED) is 0.854. The first-order valence-corrected chi connectivity index (χ1v) is 6.61. The van der Waals surface area contributed by atoms with Crippen LogP contribution in [0.4, 0.5) is 5.69 Å². The van der Waals surface area contributed by atoms with Crippen molar-refractivity contribution in [2.45, 2.75) is 25.2 Å². The number of pyridine rings is 1. The van der Waals surface area contributed by atoms with Gasteiger partial charge in [-0.1, -0.05) is 24.6 Å². The molecule has 1 aliphatic rings. The Kier molecular flexibility index (Phi) is 3.03. The van der Waals surface area contributed by atoms with Gasteiger partial charge in [0.1, 0.15) is 5.69 Å². The number of ketones is 1. The van der Waals surface area contributed by atoms with Gasteiger partial charge in [0.15, 0.2) is 0 Å². The molecule has 1 heterocycles.